The molecule has 106 valence electrons. The van der Waals surface area contributed by atoms with Crippen LogP contribution >= 0.6 is 11.8 Å². The summed E-state index contributed by atoms with van der Waals surface area (Å²) in [5.74, 6) is 0. The maximum atomic E-state index is 4.90. The first-order valence-corrected chi connectivity index (χ1v) is 8.33. The molecular weight excluding hydrogens is 274 g/mol. The largest absolute Gasteiger partial charge is 0.241 e. The minimum Gasteiger partial charge on any atom is -0.241 e. The van der Waals surface area contributed by atoms with Gasteiger partial charge in [-0.2, -0.15) is 0 Å². The second kappa shape index (κ2) is 6.77. The van der Waals surface area contributed by atoms with Crippen LogP contribution in [0.1, 0.15) is 30.9 Å². The number of benzene rings is 2. The second-order valence-electron chi connectivity index (χ2n) is 5.15. The third-order valence-electron chi connectivity index (χ3n) is 3.49. The maximum absolute atomic E-state index is 4.90. The number of hydrogen-bond donors (Lipinski definition) is 0. The molecule has 2 heteroatoms. The molecule has 0 N–H and O–H groups in total. The van der Waals surface area contributed by atoms with E-state index in [4.69, 9.17) is 4.99 Å². The number of hydrogen-bond acceptors (Lipinski definition) is 2. The molecule has 0 amide bonds. The Balaban J connectivity index is 1.98. The summed E-state index contributed by atoms with van der Waals surface area (Å²) in [5, 5.41) is 1.65. The lowest BCUT2D eigenvalue weighted by Crippen LogP contribution is -2.10. The van der Waals surface area contributed by atoms with Crippen molar-refractivity contribution in [2.24, 2.45) is 4.99 Å². The van der Waals surface area contributed by atoms with E-state index in [2.05, 4.69) is 67.6 Å². The molecule has 0 spiro atoms. The van der Waals surface area contributed by atoms with Crippen LogP contribution in [0, 0.1) is 0 Å². The summed E-state index contributed by atoms with van der Waals surface area (Å²) in [6, 6.07) is 21.0. The van der Waals surface area contributed by atoms with E-state index in [9.17, 15) is 0 Å². The van der Waals surface area contributed by atoms with Crippen molar-refractivity contribution in [2.75, 3.05) is 0 Å². The van der Waals surface area contributed by atoms with Crippen LogP contribution in [-0.2, 0) is 0 Å². The zero-order valence-electron chi connectivity index (χ0n) is 12.2. The fourth-order valence-electron chi connectivity index (χ4n) is 2.44. The summed E-state index contributed by atoms with van der Waals surface area (Å²) in [6.07, 6.45) is 4.70. The molecule has 0 aliphatic carbocycles. The fraction of sp³-hybridized carbons (Fsp3) is 0.211. The van der Waals surface area contributed by atoms with Gasteiger partial charge in [0.25, 0.3) is 0 Å². The van der Waals surface area contributed by atoms with Gasteiger partial charge in [0.2, 0.25) is 0 Å². The molecule has 0 aromatic heterocycles. The molecule has 1 aliphatic heterocycles. The summed E-state index contributed by atoms with van der Waals surface area (Å²) in [5.41, 5.74) is 3.52. The molecule has 0 bridgehead atoms. The van der Waals surface area contributed by atoms with Crippen molar-refractivity contribution >= 4 is 22.5 Å². The van der Waals surface area contributed by atoms with E-state index in [0.717, 1.165) is 10.7 Å². The van der Waals surface area contributed by atoms with E-state index in [0.29, 0.717) is 5.25 Å². The Bertz CT molecular complexity index is 644. The predicted octanol–water partition coefficient (Wildman–Crippen LogP) is 5.39. The van der Waals surface area contributed by atoms with Gasteiger partial charge in [-0.05, 0) is 18.1 Å². The van der Waals surface area contributed by atoms with Crippen LogP contribution in [0.4, 0.5) is 0 Å². The van der Waals surface area contributed by atoms with Gasteiger partial charge >= 0.3 is 0 Å². The third kappa shape index (κ3) is 3.45. The van der Waals surface area contributed by atoms with E-state index in [-0.39, 0.29) is 0 Å². The summed E-state index contributed by atoms with van der Waals surface area (Å²) in [7, 11) is 0. The smallest absolute Gasteiger partial charge is 0.104 e. The normalized spacial score (nSPS) is 18.0. The average Bonchev–Trinajstić information content (AvgIpc) is 2.56. The highest BCUT2D eigenvalue weighted by molar-refractivity contribution is 8.15. The van der Waals surface area contributed by atoms with Crippen LogP contribution < -0.4 is 0 Å². The van der Waals surface area contributed by atoms with Crippen molar-refractivity contribution in [1.29, 1.82) is 0 Å². The van der Waals surface area contributed by atoms with Crippen molar-refractivity contribution in [3.8, 4) is 0 Å². The van der Waals surface area contributed by atoms with E-state index < -0.39 is 0 Å². The summed E-state index contributed by atoms with van der Waals surface area (Å²) < 4.78 is 0. The van der Waals surface area contributed by atoms with Crippen molar-refractivity contribution in [2.45, 2.75) is 25.0 Å². The zero-order chi connectivity index (χ0) is 14.5. The predicted molar refractivity (Wildman–Crippen MR) is 93.7 cm³/mol. The lowest BCUT2D eigenvalue weighted by Gasteiger charge is -2.20. The average molecular weight is 293 g/mol. The summed E-state index contributed by atoms with van der Waals surface area (Å²) >= 11 is 1.88. The van der Waals surface area contributed by atoms with Crippen molar-refractivity contribution < 1.29 is 0 Å². The van der Waals surface area contributed by atoms with Crippen molar-refractivity contribution in [3.63, 3.8) is 0 Å². The van der Waals surface area contributed by atoms with Gasteiger partial charge < -0.3 is 0 Å². The highest BCUT2D eigenvalue weighted by Gasteiger charge is 2.18. The van der Waals surface area contributed by atoms with Crippen LogP contribution in [0.2, 0.25) is 0 Å². The molecule has 0 radical (unpaired) electrons. The van der Waals surface area contributed by atoms with Crippen molar-refractivity contribution in [3.05, 3.63) is 77.9 Å². The Morgan fingerprint density at radius 1 is 0.905 bits per heavy atom. The number of aliphatic imine (C=N–C) groups is 1. The second-order valence-corrected chi connectivity index (χ2v) is 6.37. The zero-order valence-corrected chi connectivity index (χ0v) is 13.0. The highest BCUT2D eigenvalue weighted by Crippen LogP contribution is 2.33. The molecule has 0 fully saturated rings. The first kappa shape index (κ1) is 14.2. The Hall–Kier alpha value is -1.80. The molecule has 1 atom stereocenters. The Morgan fingerprint density at radius 3 is 2.14 bits per heavy atom. The van der Waals surface area contributed by atoms with Gasteiger partial charge in [0, 0.05) is 10.8 Å². The molecule has 2 aromatic rings. The standard InChI is InChI=1S/C19H19NS/c1-2-9-17-14-18(15-10-5-3-6-11-15)20-19(21-17)16-12-7-4-8-13-16/h3-8,10-14,17H,2,9H2,1H3/t17-/m1/s1. The minimum atomic E-state index is 0.512. The molecular formula is C19H19NS. The monoisotopic (exact) mass is 293 g/mol. The topological polar surface area (TPSA) is 12.4 Å². The fourth-order valence-corrected chi connectivity index (χ4v) is 3.70. The lowest BCUT2D eigenvalue weighted by molar-refractivity contribution is 0.829. The molecule has 0 unspecified atom stereocenters. The minimum absolute atomic E-state index is 0.512. The van der Waals surface area contributed by atoms with E-state index >= 15 is 0 Å². The number of thioether (sulfide) groups is 1. The van der Waals surface area contributed by atoms with Gasteiger partial charge in [0.15, 0.2) is 0 Å². The summed E-state index contributed by atoms with van der Waals surface area (Å²) in [6.45, 7) is 2.24. The van der Waals surface area contributed by atoms with Crippen LogP contribution in [0.15, 0.2) is 71.7 Å². The van der Waals surface area contributed by atoms with Crippen LogP contribution in [0.25, 0.3) is 5.70 Å². The first-order chi connectivity index (χ1) is 10.4. The first-order valence-electron chi connectivity index (χ1n) is 7.45. The molecule has 0 saturated carbocycles. The Morgan fingerprint density at radius 2 is 1.52 bits per heavy atom. The van der Waals surface area contributed by atoms with E-state index in [1.807, 2.05) is 17.8 Å². The highest BCUT2D eigenvalue weighted by atomic mass is 32.2. The SMILES string of the molecule is CCC[C@@H]1C=C(c2ccccc2)N=C(c2ccccc2)S1. The van der Waals surface area contributed by atoms with Gasteiger partial charge in [-0.15, -0.1) is 0 Å². The van der Waals surface area contributed by atoms with Gasteiger partial charge in [-0.25, -0.2) is 4.99 Å². The van der Waals surface area contributed by atoms with Gasteiger partial charge in [0.1, 0.15) is 5.04 Å². The van der Waals surface area contributed by atoms with Gasteiger partial charge in [-0.1, -0.05) is 85.8 Å². The number of rotatable bonds is 4. The lowest BCUT2D eigenvalue weighted by atomic mass is 10.1. The molecule has 2 aromatic carbocycles. The van der Waals surface area contributed by atoms with E-state index in [1.165, 1.54) is 24.0 Å². The maximum Gasteiger partial charge on any atom is 0.104 e. The molecule has 0 saturated heterocycles. The molecule has 1 aliphatic rings. The molecule has 3 rings (SSSR count). The van der Waals surface area contributed by atoms with Crippen molar-refractivity contribution in [1.82, 2.24) is 0 Å². The van der Waals surface area contributed by atoms with Gasteiger partial charge in [-0.3, -0.25) is 0 Å². The Labute approximate surface area is 130 Å². The van der Waals surface area contributed by atoms with Crippen LogP contribution in [0.3, 0.4) is 0 Å². The molecule has 21 heavy (non-hydrogen) atoms. The van der Waals surface area contributed by atoms with Gasteiger partial charge in [0.05, 0.1) is 5.70 Å². The number of nitrogens with zero attached hydrogens (tertiary/aromatic N) is 1. The van der Waals surface area contributed by atoms with E-state index in [1.54, 1.807) is 0 Å². The van der Waals surface area contributed by atoms with Crippen LogP contribution in [-0.4, -0.2) is 10.3 Å². The van der Waals surface area contributed by atoms with Crippen LogP contribution in [0.5, 0.6) is 0 Å². The quantitative estimate of drug-likeness (QED) is 0.736. The summed E-state index contributed by atoms with van der Waals surface area (Å²) in [4.78, 5) is 4.90. The molecule has 1 nitrogen and oxygen atoms in total. The Kier molecular flexibility index (Phi) is 4.56. The molecule has 1 heterocycles. The third-order valence-corrected chi connectivity index (χ3v) is 4.72.